The van der Waals surface area contributed by atoms with Gasteiger partial charge >= 0.3 is 5.97 Å². The third kappa shape index (κ3) is 2.06. The Labute approximate surface area is 66.8 Å². The number of hydrogen-bond acceptors (Lipinski definition) is 4. The Hall–Kier alpha value is -0.810. The number of carbonyl (C=O) groups excluding carboxylic acids is 1. The van der Waals surface area contributed by atoms with Crippen LogP contribution in [0.5, 0.6) is 0 Å². The van der Waals surface area contributed by atoms with Gasteiger partial charge in [0.05, 0.1) is 5.55 Å². The van der Waals surface area contributed by atoms with Crippen LogP contribution >= 0.6 is 10.5 Å². The first kappa shape index (κ1) is 8.29. The van der Waals surface area contributed by atoms with Gasteiger partial charge < -0.3 is 4.18 Å². The van der Waals surface area contributed by atoms with Crippen LogP contribution in [0.15, 0.2) is 16.6 Å². The third-order valence-electron chi connectivity index (χ3n) is 1.11. The summed E-state index contributed by atoms with van der Waals surface area (Å²) >= 11 is 0. The second kappa shape index (κ2) is 3.06. The molecule has 0 spiro atoms. The van der Waals surface area contributed by atoms with Crippen LogP contribution in [0.4, 0.5) is 0 Å². The van der Waals surface area contributed by atoms with Crippen LogP contribution in [-0.4, -0.2) is 11.5 Å². The number of hydrogen-bond donors (Lipinski definition) is 1. The molecule has 1 atom stereocenters. The number of carbonyl (C=O) groups is 1. The summed E-state index contributed by atoms with van der Waals surface area (Å²) in [6.07, 6.45) is 1.88. The van der Waals surface area contributed by atoms with Crippen LogP contribution < -0.4 is 5.14 Å². The van der Waals surface area contributed by atoms with Crippen molar-refractivity contribution in [3.8, 4) is 0 Å². The largest absolute Gasteiger partial charge is 0.392 e. The molecule has 62 valence electrons. The molecule has 0 aromatic rings. The quantitative estimate of drug-likeness (QED) is 0.680. The van der Waals surface area contributed by atoms with Gasteiger partial charge in [-0.2, -0.15) is 0 Å². The van der Waals surface area contributed by atoms with Gasteiger partial charge in [0.15, 0.2) is 0 Å². The summed E-state index contributed by atoms with van der Waals surface area (Å²) in [7, 11) is -1.94. The van der Waals surface area contributed by atoms with E-state index in [9.17, 15) is 4.79 Å². The van der Waals surface area contributed by atoms with E-state index in [1.54, 1.807) is 12.3 Å². The molecule has 0 saturated heterocycles. The maximum absolute atomic E-state index is 10.8. The minimum atomic E-state index is -1.94. The predicted octanol–water partition coefficient (Wildman–Crippen LogP) is 1.05. The molecule has 0 aromatic heterocycles. The van der Waals surface area contributed by atoms with Crippen LogP contribution in [0.25, 0.3) is 0 Å². The zero-order valence-electron chi connectivity index (χ0n) is 6.19. The summed E-state index contributed by atoms with van der Waals surface area (Å²) in [5.41, 5.74) is 1.47. The fourth-order valence-corrected chi connectivity index (χ4v) is 1.69. The molecule has 1 unspecified atom stereocenters. The van der Waals surface area contributed by atoms with Gasteiger partial charge in [-0.15, -0.1) is 0 Å². The SMILES string of the molecule is CCC(=O)OS1(N)C=CN=C1. The zero-order valence-corrected chi connectivity index (χ0v) is 7.00. The minimum absolute atomic E-state index is 0.291. The van der Waals surface area contributed by atoms with E-state index in [1.807, 2.05) is 0 Å². The molecule has 0 saturated carbocycles. The summed E-state index contributed by atoms with van der Waals surface area (Å²) < 4.78 is 4.93. The summed E-state index contributed by atoms with van der Waals surface area (Å²) in [6, 6.07) is 0. The van der Waals surface area contributed by atoms with E-state index in [0.717, 1.165) is 0 Å². The van der Waals surface area contributed by atoms with Crippen molar-refractivity contribution in [1.82, 2.24) is 0 Å². The average Bonchev–Trinajstić information content (AvgIpc) is 2.36. The molecule has 1 aliphatic rings. The van der Waals surface area contributed by atoms with Gasteiger partial charge in [0.1, 0.15) is 0 Å². The smallest absolute Gasteiger partial charge is 0.317 e. The molecule has 0 aromatic carbocycles. The van der Waals surface area contributed by atoms with E-state index in [2.05, 4.69) is 4.99 Å². The van der Waals surface area contributed by atoms with E-state index < -0.39 is 10.5 Å². The highest BCUT2D eigenvalue weighted by Gasteiger charge is 2.19. The topological polar surface area (TPSA) is 64.7 Å². The standard InChI is InChI=1S/C6H10N2O2S/c1-2-6(9)10-11(7)4-3-8-5-11/h3-5H,2,7H2,1H3. The van der Waals surface area contributed by atoms with Crippen molar-refractivity contribution in [3.05, 3.63) is 11.6 Å². The first-order chi connectivity index (χ1) is 5.16. The Morgan fingerprint density at radius 1 is 1.82 bits per heavy atom. The van der Waals surface area contributed by atoms with Crippen LogP contribution in [0.1, 0.15) is 13.3 Å². The maximum atomic E-state index is 10.8. The maximum Gasteiger partial charge on any atom is 0.317 e. The van der Waals surface area contributed by atoms with Gasteiger partial charge in [0.2, 0.25) is 0 Å². The third-order valence-corrected chi connectivity index (χ3v) is 2.58. The van der Waals surface area contributed by atoms with Crippen molar-refractivity contribution in [1.29, 1.82) is 0 Å². The number of nitrogens with two attached hydrogens (primary N) is 1. The molecule has 0 amide bonds. The molecule has 0 aliphatic carbocycles. The summed E-state index contributed by atoms with van der Waals surface area (Å²) in [4.78, 5) is 14.5. The number of rotatable bonds is 2. The van der Waals surface area contributed by atoms with Crippen LogP contribution in [-0.2, 0) is 8.98 Å². The lowest BCUT2D eigenvalue weighted by molar-refractivity contribution is -0.132. The first-order valence-corrected chi connectivity index (χ1v) is 4.94. The Morgan fingerprint density at radius 3 is 3.00 bits per heavy atom. The van der Waals surface area contributed by atoms with Crippen molar-refractivity contribution in [2.75, 3.05) is 0 Å². The van der Waals surface area contributed by atoms with Gasteiger partial charge in [-0.25, -0.2) is 0 Å². The fraction of sp³-hybridized carbons (Fsp3) is 0.333. The highest BCUT2D eigenvalue weighted by molar-refractivity contribution is 8.41. The highest BCUT2D eigenvalue weighted by Crippen LogP contribution is 2.42. The lowest BCUT2D eigenvalue weighted by Crippen LogP contribution is -2.15. The van der Waals surface area contributed by atoms with E-state index in [1.165, 1.54) is 11.7 Å². The average molecular weight is 174 g/mol. The monoisotopic (exact) mass is 174 g/mol. The van der Waals surface area contributed by atoms with Crippen molar-refractivity contribution < 1.29 is 8.98 Å². The minimum Gasteiger partial charge on any atom is -0.392 e. The Morgan fingerprint density at radius 2 is 2.55 bits per heavy atom. The van der Waals surface area contributed by atoms with E-state index in [-0.39, 0.29) is 5.97 Å². The molecule has 1 aliphatic heterocycles. The van der Waals surface area contributed by atoms with Gasteiger partial charge in [-0.1, -0.05) is 6.92 Å². The summed E-state index contributed by atoms with van der Waals surface area (Å²) in [5, 5.41) is 7.25. The summed E-state index contributed by atoms with van der Waals surface area (Å²) in [6.45, 7) is 1.72. The van der Waals surface area contributed by atoms with Gasteiger partial charge in [0, 0.05) is 28.5 Å². The lowest BCUT2D eigenvalue weighted by Gasteiger charge is -2.22. The number of nitrogens with zero attached hydrogens (tertiary/aromatic N) is 1. The van der Waals surface area contributed by atoms with Crippen LogP contribution in [0.2, 0.25) is 0 Å². The van der Waals surface area contributed by atoms with Gasteiger partial charge in [-0.3, -0.25) is 14.9 Å². The second-order valence-electron chi connectivity index (χ2n) is 2.05. The molecule has 0 fully saturated rings. The van der Waals surface area contributed by atoms with Crippen LogP contribution in [0.3, 0.4) is 0 Å². The zero-order chi connectivity index (χ0) is 8.32. The molecule has 0 bridgehead atoms. The molecule has 2 N–H and O–H groups in total. The van der Waals surface area contributed by atoms with E-state index in [0.29, 0.717) is 6.42 Å². The molecule has 4 nitrogen and oxygen atoms in total. The molecule has 1 heterocycles. The Balaban J connectivity index is 2.54. The molecular formula is C6H10N2O2S. The molecular weight excluding hydrogens is 164 g/mol. The molecule has 1 rings (SSSR count). The highest BCUT2D eigenvalue weighted by atomic mass is 32.3. The molecule has 0 radical (unpaired) electrons. The van der Waals surface area contributed by atoms with E-state index in [4.69, 9.17) is 9.32 Å². The Bertz CT molecular complexity index is 213. The predicted molar refractivity (Wildman–Crippen MR) is 45.8 cm³/mol. The van der Waals surface area contributed by atoms with Crippen molar-refractivity contribution in [2.24, 2.45) is 10.1 Å². The Kier molecular flexibility index (Phi) is 2.31. The summed E-state index contributed by atoms with van der Waals surface area (Å²) in [5.74, 6) is -0.291. The molecule has 5 heteroatoms. The van der Waals surface area contributed by atoms with Crippen molar-refractivity contribution >= 4 is 22.0 Å². The first-order valence-electron chi connectivity index (χ1n) is 3.19. The normalized spacial score (nSPS) is 33.3. The van der Waals surface area contributed by atoms with Gasteiger partial charge in [0.25, 0.3) is 0 Å². The second-order valence-corrected chi connectivity index (χ2v) is 4.09. The van der Waals surface area contributed by atoms with Crippen molar-refractivity contribution in [2.45, 2.75) is 13.3 Å². The van der Waals surface area contributed by atoms with Crippen LogP contribution in [0, 0.1) is 0 Å². The van der Waals surface area contributed by atoms with E-state index >= 15 is 0 Å². The number of aliphatic imine (C=N–C) groups is 1. The fourth-order valence-electron chi connectivity index (χ4n) is 0.565. The van der Waals surface area contributed by atoms with Crippen molar-refractivity contribution in [3.63, 3.8) is 0 Å². The van der Waals surface area contributed by atoms with Gasteiger partial charge in [-0.05, 0) is 0 Å². The lowest BCUT2D eigenvalue weighted by atomic mass is 10.5. The molecule has 11 heavy (non-hydrogen) atoms.